The van der Waals surface area contributed by atoms with Gasteiger partial charge in [0, 0.05) is 12.2 Å². The molecule has 19 heavy (non-hydrogen) atoms. The van der Waals surface area contributed by atoms with Gasteiger partial charge in [-0.2, -0.15) is 0 Å². The van der Waals surface area contributed by atoms with Gasteiger partial charge in [-0.05, 0) is 37.1 Å². The summed E-state index contributed by atoms with van der Waals surface area (Å²) in [5.41, 5.74) is 0.142. The molecule has 4 N–H and O–H groups in total. The van der Waals surface area contributed by atoms with E-state index in [1.165, 1.54) is 18.6 Å². The van der Waals surface area contributed by atoms with Crippen LogP contribution in [0.4, 0.5) is 5.69 Å². The van der Waals surface area contributed by atoms with Crippen LogP contribution in [-0.4, -0.2) is 25.7 Å². The van der Waals surface area contributed by atoms with Crippen LogP contribution in [0.1, 0.15) is 32.1 Å². The summed E-state index contributed by atoms with van der Waals surface area (Å²) in [4.78, 5) is 0.0921. The average Bonchev–Trinajstić information content (AvgIpc) is 2.37. The fourth-order valence-electron chi connectivity index (χ4n) is 2.42. The molecule has 1 fully saturated rings. The summed E-state index contributed by atoms with van der Waals surface area (Å²) in [5.74, 6) is 0. The van der Waals surface area contributed by atoms with Crippen LogP contribution in [0.25, 0.3) is 0 Å². The Hall–Kier alpha value is -1.11. The van der Waals surface area contributed by atoms with Crippen molar-refractivity contribution in [3.8, 4) is 0 Å². The first-order chi connectivity index (χ1) is 8.89. The van der Waals surface area contributed by atoms with Crippen molar-refractivity contribution < 1.29 is 13.5 Å². The van der Waals surface area contributed by atoms with Crippen LogP contribution < -0.4 is 10.5 Å². The lowest BCUT2D eigenvalue weighted by atomic mass is 9.85. The number of benzene rings is 1. The molecule has 1 aliphatic carbocycles. The molecule has 0 unspecified atom stereocenters. The molecule has 0 atom stereocenters. The Kier molecular flexibility index (Phi) is 4.13. The van der Waals surface area contributed by atoms with Crippen LogP contribution in [0.5, 0.6) is 0 Å². The van der Waals surface area contributed by atoms with Crippen molar-refractivity contribution in [3.05, 3.63) is 24.3 Å². The predicted molar refractivity (Wildman–Crippen MR) is 74.3 cm³/mol. The van der Waals surface area contributed by atoms with Crippen LogP contribution in [0.3, 0.4) is 0 Å². The van der Waals surface area contributed by atoms with Crippen molar-refractivity contribution in [1.29, 1.82) is 0 Å². The highest BCUT2D eigenvalue weighted by Gasteiger charge is 2.28. The van der Waals surface area contributed by atoms with E-state index in [4.69, 9.17) is 5.14 Å². The molecule has 1 aliphatic rings. The van der Waals surface area contributed by atoms with Crippen molar-refractivity contribution in [1.82, 2.24) is 0 Å². The molecule has 0 spiro atoms. The van der Waals surface area contributed by atoms with Gasteiger partial charge in [-0.25, -0.2) is 13.6 Å². The fourth-order valence-corrected chi connectivity index (χ4v) is 2.93. The van der Waals surface area contributed by atoms with E-state index < -0.39 is 15.6 Å². The van der Waals surface area contributed by atoms with Gasteiger partial charge in [-0.1, -0.05) is 19.3 Å². The Morgan fingerprint density at radius 3 is 2.26 bits per heavy atom. The summed E-state index contributed by atoms with van der Waals surface area (Å²) >= 11 is 0. The number of hydrogen-bond acceptors (Lipinski definition) is 4. The molecule has 0 heterocycles. The average molecular weight is 284 g/mol. The zero-order valence-electron chi connectivity index (χ0n) is 10.8. The third-order valence-electron chi connectivity index (χ3n) is 3.59. The zero-order valence-corrected chi connectivity index (χ0v) is 11.6. The van der Waals surface area contributed by atoms with Gasteiger partial charge in [-0.3, -0.25) is 0 Å². The first kappa shape index (κ1) is 14.3. The molecule has 5 nitrogen and oxygen atoms in total. The molecule has 6 heteroatoms. The number of aliphatic hydroxyl groups is 1. The maximum atomic E-state index is 11.1. The number of hydrogen-bond donors (Lipinski definition) is 3. The van der Waals surface area contributed by atoms with E-state index in [9.17, 15) is 13.5 Å². The molecule has 0 aromatic heterocycles. The number of sulfonamides is 1. The number of rotatable bonds is 4. The first-order valence-corrected chi connectivity index (χ1v) is 8.03. The third-order valence-corrected chi connectivity index (χ3v) is 4.52. The minimum absolute atomic E-state index is 0.0921. The van der Waals surface area contributed by atoms with Gasteiger partial charge >= 0.3 is 0 Å². The van der Waals surface area contributed by atoms with Gasteiger partial charge in [0.05, 0.1) is 10.5 Å². The van der Waals surface area contributed by atoms with Crippen LogP contribution in [-0.2, 0) is 10.0 Å². The number of primary sulfonamides is 1. The Morgan fingerprint density at radius 1 is 1.16 bits per heavy atom. The summed E-state index contributed by atoms with van der Waals surface area (Å²) in [7, 11) is -3.64. The molecule has 0 saturated heterocycles. The first-order valence-electron chi connectivity index (χ1n) is 6.48. The molecule has 1 aromatic carbocycles. The van der Waals surface area contributed by atoms with Gasteiger partial charge < -0.3 is 10.4 Å². The monoisotopic (exact) mass is 284 g/mol. The van der Waals surface area contributed by atoms with Crippen molar-refractivity contribution in [2.75, 3.05) is 11.9 Å². The van der Waals surface area contributed by atoms with Gasteiger partial charge in [0.1, 0.15) is 0 Å². The van der Waals surface area contributed by atoms with Crippen LogP contribution >= 0.6 is 0 Å². The van der Waals surface area contributed by atoms with Crippen molar-refractivity contribution in [3.63, 3.8) is 0 Å². The van der Waals surface area contributed by atoms with Crippen LogP contribution in [0.2, 0.25) is 0 Å². The van der Waals surface area contributed by atoms with E-state index in [0.29, 0.717) is 6.54 Å². The number of nitrogens with two attached hydrogens (primary N) is 1. The van der Waals surface area contributed by atoms with E-state index in [0.717, 1.165) is 31.4 Å². The number of nitrogens with one attached hydrogen (secondary N) is 1. The lowest BCUT2D eigenvalue weighted by Crippen LogP contribution is -2.38. The third kappa shape index (κ3) is 3.92. The lowest BCUT2D eigenvalue weighted by molar-refractivity contribution is 0.0167. The minimum atomic E-state index is -3.64. The molecule has 0 aliphatic heterocycles. The van der Waals surface area contributed by atoms with Crippen molar-refractivity contribution in [2.45, 2.75) is 42.6 Å². The smallest absolute Gasteiger partial charge is 0.238 e. The van der Waals surface area contributed by atoms with Crippen molar-refractivity contribution in [2.24, 2.45) is 5.14 Å². The summed E-state index contributed by atoms with van der Waals surface area (Å²) < 4.78 is 22.2. The maximum Gasteiger partial charge on any atom is 0.238 e. The van der Waals surface area contributed by atoms with E-state index in [1.807, 2.05) is 0 Å². The SMILES string of the molecule is NS(=O)(=O)c1ccc(NCC2(O)CCCCC2)cc1. The predicted octanol–water partition coefficient (Wildman–Crippen LogP) is 1.44. The standard InChI is InChI=1S/C13H20N2O3S/c14-19(17,18)12-6-4-11(5-7-12)15-10-13(16)8-2-1-3-9-13/h4-7,15-16H,1-3,8-10H2,(H2,14,17,18). The van der Waals surface area contributed by atoms with Crippen LogP contribution in [0.15, 0.2) is 29.2 Å². The highest BCUT2D eigenvalue weighted by atomic mass is 32.2. The molecule has 1 aromatic rings. The molecule has 1 saturated carbocycles. The second kappa shape index (κ2) is 5.48. The quantitative estimate of drug-likeness (QED) is 0.780. The summed E-state index contributed by atoms with van der Waals surface area (Å²) in [6, 6.07) is 6.24. The van der Waals surface area contributed by atoms with Gasteiger partial charge in [-0.15, -0.1) is 0 Å². The number of anilines is 1. The van der Waals surface area contributed by atoms with E-state index in [-0.39, 0.29) is 4.90 Å². The van der Waals surface area contributed by atoms with E-state index >= 15 is 0 Å². The van der Waals surface area contributed by atoms with Gasteiger partial charge in [0.25, 0.3) is 0 Å². The molecule has 106 valence electrons. The molecule has 2 rings (SSSR count). The Bertz CT molecular complexity index is 519. The maximum absolute atomic E-state index is 11.1. The zero-order chi connectivity index (χ0) is 13.9. The van der Waals surface area contributed by atoms with Crippen molar-refractivity contribution >= 4 is 15.7 Å². The highest BCUT2D eigenvalue weighted by Crippen LogP contribution is 2.28. The summed E-state index contributed by atoms with van der Waals surface area (Å²) in [5, 5.41) is 18.5. The van der Waals surface area contributed by atoms with Crippen LogP contribution in [0, 0.1) is 0 Å². The topological polar surface area (TPSA) is 92.4 Å². The Balaban J connectivity index is 1.96. The lowest BCUT2D eigenvalue weighted by Gasteiger charge is -2.32. The molecular formula is C13H20N2O3S. The molecular weight excluding hydrogens is 264 g/mol. The Morgan fingerprint density at radius 2 is 1.74 bits per heavy atom. The second-order valence-corrected chi connectivity index (χ2v) is 6.77. The molecule has 0 amide bonds. The fraction of sp³-hybridized carbons (Fsp3) is 0.538. The second-order valence-electron chi connectivity index (χ2n) is 5.21. The van der Waals surface area contributed by atoms with Gasteiger partial charge in [0.2, 0.25) is 10.0 Å². The molecule has 0 radical (unpaired) electrons. The molecule has 0 bridgehead atoms. The minimum Gasteiger partial charge on any atom is -0.388 e. The Labute approximate surface area is 113 Å². The van der Waals surface area contributed by atoms with E-state index in [1.54, 1.807) is 12.1 Å². The normalized spacial score (nSPS) is 19.1. The highest BCUT2D eigenvalue weighted by molar-refractivity contribution is 7.89. The van der Waals surface area contributed by atoms with E-state index in [2.05, 4.69) is 5.32 Å². The largest absolute Gasteiger partial charge is 0.388 e. The summed E-state index contributed by atoms with van der Waals surface area (Å²) in [6.07, 6.45) is 4.93. The van der Waals surface area contributed by atoms with Gasteiger partial charge in [0.15, 0.2) is 0 Å². The summed E-state index contributed by atoms with van der Waals surface area (Å²) in [6.45, 7) is 0.488.